The van der Waals surface area contributed by atoms with Gasteiger partial charge in [0.1, 0.15) is 0 Å². The van der Waals surface area contributed by atoms with Crippen LogP contribution in [0, 0.1) is 6.92 Å². The summed E-state index contributed by atoms with van der Waals surface area (Å²) in [5.41, 5.74) is 24.9. The molecule has 0 bridgehead atoms. The number of benzene rings is 7. The monoisotopic (exact) mass is 865 g/mol. The molecule has 3 aliphatic rings. The van der Waals surface area contributed by atoms with Crippen LogP contribution in [0.4, 0.5) is 34.1 Å². The average molecular weight is 865 g/mol. The highest BCUT2D eigenvalue weighted by molar-refractivity contribution is 7.00. The maximum absolute atomic E-state index is 2.70. The summed E-state index contributed by atoms with van der Waals surface area (Å²) in [4.78, 5) is 5.29. The van der Waals surface area contributed by atoms with E-state index in [9.17, 15) is 0 Å². The van der Waals surface area contributed by atoms with Crippen molar-refractivity contribution in [1.82, 2.24) is 0 Å². The number of anilines is 6. The molecule has 0 spiro atoms. The van der Waals surface area contributed by atoms with Crippen LogP contribution in [0.5, 0.6) is 0 Å². The van der Waals surface area contributed by atoms with Crippen molar-refractivity contribution in [2.45, 2.75) is 137 Å². The van der Waals surface area contributed by atoms with Crippen LogP contribution >= 0.6 is 0 Å². The van der Waals surface area contributed by atoms with Crippen molar-refractivity contribution in [3.05, 3.63) is 173 Å². The average Bonchev–Trinajstić information content (AvgIpc) is 3.26. The topological polar surface area (TPSA) is 6.48 Å². The van der Waals surface area contributed by atoms with Gasteiger partial charge in [-0.3, -0.25) is 0 Å². The van der Waals surface area contributed by atoms with Crippen molar-refractivity contribution in [2.24, 2.45) is 0 Å². The summed E-state index contributed by atoms with van der Waals surface area (Å²) in [5, 5.41) is 0. The summed E-state index contributed by atoms with van der Waals surface area (Å²) in [6.07, 6.45) is 2.32. The maximum Gasteiger partial charge on any atom is 0.252 e. The number of nitrogens with zero attached hydrogens (tertiary/aromatic N) is 2. The zero-order chi connectivity index (χ0) is 46.9. The molecule has 0 fully saturated rings. The van der Waals surface area contributed by atoms with E-state index >= 15 is 0 Å². The highest BCUT2D eigenvalue weighted by Gasteiger charge is 2.47. The molecule has 0 unspecified atom stereocenters. The highest BCUT2D eigenvalue weighted by Crippen LogP contribution is 2.53. The molecule has 0 amide bonds. The van der Waals surface area contributed by atoms with Crippen LogP contribution in [0.15, 0.2) is 140 Å². The van der Waals surface area contributed by atoms with Gasteiger partial charge in [0, 0.05) is 34.0 Å². The van der Waals surface area contributed by atoms with Crippen LogP contribution in [0.1, 0.15) is 136 Å². The number of aryl methyl sites for hydroxylation is 1. The molecule has 7 aromatic rings. The Morgan fingerprint density at radius 3 is 1.52 bits per heavy atom. The van der Waals surface area contributed by atoms with E-state index in [1.807, 2.05) is 0 Å². The lowest BCUT2D eigenvalue weighted by Gasteiger charge is -2.48. The smallest absolute Gasteiger partial charge is 0.252 e. The summed E-state index contributed by atoms with van der Waals surface area (Å²) < 4.78 is 0. The van der Waals surface area contributed by atoms with Crippen LogP contribution in [0.25, 0.3) is 22.3 Å². The van der Waals surface area contributed by atoms with Gasteiger partial charge in [-0.15, -0.1) is 0 Å². The van der Waals surface area contributed by atoms with Crippen LogP contribution in [-0.4, -0.2) is 6.71 Å². The summed E-state index contributed by atoms with van der Waals surface area (Å²) in [7, 11) is 0. The van der Waals surface area contributed by atoms with E-state index < -0.39 is 0 Å². The summed E-state index contributed by atoms with van der Waals surface area (Å²) in [6.45, 7) is 33.3. The molecule has 7 aromatic carbocycles. The van der Waals surface area contributed by atoms with Gasteiger partial charge < -0.3 is 9.80 Å². The van der Waals surface area contributed by atoms with Gasteiger partial charge in [-0.25, -0.2) is 0 Å². The van der Waals surface area contributed by atoms with Crippen molar-refractivity contribution in [3.63, 3.8) is 0 Å². The van der Waals surface area contributed by atoms with Crippen molar-refractivity contribution in [2.75, 3.05) is 9.80 Å². The van der Waals surface area contributed by atoms with Crippen LogP contribution < -0.4 is 26.2 Å². The van der Waals surface area contributed by atoms with Crippen molar-refractivity contribution >= 4 is 57.2 Å². The van der Waals surface area contributed by atoms with E-state index in [-0.39, 0.29) is 33.8 Å². The van der Waals surface area contributed by atoms with Gasteiger partial charge >= 0.3 is 0 Å². The van der Waals surface area contributed by atoms with Crippen LogP contribution in [0.2, 0.25) is 0 Å². The van der Waals surface area contributed by atoms with E-state index in [2.05, 4.69) is 246 Å². The van der Waals surface area contributed by atoms with Gasteiger partial charge in [0.15, 0.2) is 0 Å². The van der Waals surface area contributed by atoms with Gasteiger partial charge in [-0.2, -0.15) is 0 Å². The Morgan fingerprint density at radius 2 is 0.955 bits per heavy atom. The van der Waals surface area contributed by atoms with E-state index in [1.165, 1.54) is 106 Å². The molecule has 0 atom stereocenters. The highest BCUT2D eigenvalue weighted by atomic mass is 15.2. The summed E-state index contributed by atoms with van der Waals surface area (Å²) >= 11 is 0. The second-order valence-corrected chi connectivity index (χ2v) is 24.3. The van der Waals surface area contributed by atoms with Crippen molar-refractivity contribution in [3.8, 4) is 22.3 Å². The molecule has 2 aliphatic heterocycles. The number of hydrogen-bond acceptors (Lipinski definition) is 2. The fourth-order valence-corrected chi connectivity index (χ4v) is 11.4. The fraction of sp³-hybridized carbons (Fsp3) is 0.333. The number of hydrogen-bond donors (Lipinski definition) is 0. The molecule has 0 N–H and O–H groups in total. The molecule has 2 heterocycles. The predicted octanol–water partition coefficient (Wildman–Crippen LogP) is 15.7. The SMILES string of the molecule is Cc1cc2c3c(c1)N(c1cc(-c4ccccc4)c(C(C)(C)C)cc1-c1ccccc1)c1cc4c(cc1B3c1cc(C(C)(C)C)ccc1N2c1ccc(C(C)(C)C)cc1)C(C)(C)CCC4(C)C. The first-order chi connectivity index (χ1) is 31.0. The lowest BCUT2D eigenvalue weighted by Crippen LogP contribution is -2.62. The maximum atomic E-state index is 2.70. The zero-order valence-electron chi connectivity index (χ0n) is 42.2. The number of rotatable bonds is 4. The molecular weight excluding hydrogens is 796 g/mol. The molecule has 334 valence electrons. The first-order valence-corrected chi connectivity index (χ1v) is 24.5. The van der Waals surface area contributed by atoms with Crippen LogP contribution in [0.3, 0.4) is 0 Å². The molecule has 1 aliphatic carbocycles. The lowest BCUT2D eigenvalue weighted by molar-refractivity contribution is 0.332. The number of fused-ring (bicyclic) bond motifs is 5. The minimum atomic E-state index is -0.104. The van der Waals surface area contributed by atoms with Crippen molar-refractivity contribution in [1.29, 1.82) is 0 Å². The Labute approximate surface area is 397 Å². The minimum absolute atomic E-state index is 0.0246. The van der Waals surface area contributed by atoms with E-state index in [0.29, 0.717) is 0 Å². The Bertz CT molecular complexity index is 3020. The predicted molar refractivity (Wildman–Crippen MR) is 287 cm³/mol. The largest absolute Gasteiger partial charge is 0.311 e. The summed E-state index contributed by atoms with van der Waals surface area (Å²) in [6, 6.07) is 54.4. The van der Waals surface area contributed by atoms with Gasteiger partial charge in [0.05, 0.1) is 5.69 Å². The first kappa shape index (κ1) is 44.1. The van der Waals surface area contributed by atoms with Gasteiger partial charge in [0.2, 0.25) is 0 Å². The third-order valence-corrected chi connectivity index (χ3v) is 15.4. The van der Waals surface area contributed by atoms with Gasteiger partial charge in [-0.1, -0.05) is 181 Å². The third-order valence-electron chi connectivity index (χ3n) is 15.4. The van der Waals surface area contributed by atoms with Gasteiger partial charge in [0.25, 0.3) is 6.71 Å². The van der Waals surface area contributed by atoms with E-state index in [1.54, 1.807) is 0 Å². The molecule has 10 rings (SSSR count). The second-order valence-electron chi connectivity index (χ2n) is 24.3. The molecule has 0 aromatic heterocycles. The second kappa shape index (κ2) is 15.1. The van der Waals surface area contributed by atoms with Crippen LogP contribution in [-0.2, 0) is 27.1 Å². The van der Waals surface area contributed by atoms with E-state index in [0.717, 1.165) is 12.8 Å². The Kier molecular flexibility index (Phi) is 10.1. The molecule has 0 saturated carbocycles. The first-order valence-electron chi connectivity index (χ1n) is 24.5. The normalized spacial score (nSPS) is 16.1. The molecule has 0 saturated heterocycles. The zero-order valence-corrected chi connectivity index (χ0v) is 42.2. The van der Waals surface area contributed by atoms with Gasteiger partial charge in [-0.05, 0) is 162 Å². The quantitative estimate of drug-likeness (QED) is 0.163. The van der Waals surface area contributed by atoms with E-state index in [4.69, 9.17) is 0 Å². The molecule has 3 heteroatoms. The Hall–Kier alpha value is -5.80. The minimum Gasteiger partial charge on any atom is -0.311 e. The third kappa shape index (κ3) is 7.24. The molecular formula is C63H69BN2. The Balaban J connectivity index is 1.37. The molecule has 0 radical (unpaired) electrons. The van der Waals surface area contributed by atoms with Crippen molar-refractivity contribution < 1.29 is 0 Å². The summed E-state index contributed by atoms with van der Waals surface area (Å²) in [5.74, 6) is 0. The molecule has 66 heavy (non-hydrogen) atoms. The fourth-order valence-electron chi connectivity index (χ4n) is 11.4. The lowest BCUT2D eigenvalue weighted by atomic mass is 9.33. The molecule has 2 nitrogen and oxygen atoms in total. The standard InChI is InChI=1S/C63H69BN2/c1-40-33-56-58-57(34-40)66(54-37-46(41-21-17-15-18-22-41)48(61(8,9)10)36-47(54)42-23-19-16-20-24-42)55-39-50-49(62(11,12)31-32-63(50,13)14)38-52(55)64(58)51-35-44(60(5,6)7)27-30-53(51)65(56)45-28-25-43(26-29-45)59(2,3)4/h15-30,33-39H,31-32H2,1-14H3. The Morgan fingerprint density at radius 1 is 0.439 bits per heavy atom.